The molecule has 0 bridgehead atoms. The molecule has 0 spiro atoms. The van der Waals surface area contributed by atoms with Gasteiger partial charge in [0.05, 0.1) is 7.44 Å². The first-order valence-corrected chi connectivity index (χ1v) is 5.20. The van der Waals surface area contributed by atoms with Crippen LogP contribution in [0.4, 0.5) is 0 Å². The van der Waals surface area contributed by atoms with Gasteiger partial charge in [-0.2, -0.15) is 0 Å². The summed E-state index contributed by atoms with van der Waals surface area (Å²) in [5, 5.41) is 0. The Bertz CT molecular complexity index is 10.8. The lowest BCUT2D eigenvalue weighted by molar-refractivity contribution is 2.10. The molecule has 0 aromatic heterocycles. The second kappa shape index (κ2) is 1.59. The van der Waals surface area contributed by atoms with Crippen LogP contribution < -0.4 is 0 Å². The molecular weight excluding hydrogens is 62.9 g/mol. The third-order valence-electron chi connectivity index (χ3n) is 0. The maximum Gasteiger partial charge on any atom is 0.0926 e. The molecule has 0 radical (unpaired) electrons. The Morgan fingerprint density at radius 2 is 1.50 bits per heavy atom. The minimum Gasteiger partial charge on any atom is -0.0780 e. The minimum absolute atomic E-state index is 0.139. The van der Waals surface area contributed by atoms with Gasteiger partial charge in [0.15, 0.2) is 0 Å². The topological polar surface area (TPSA) is 0 Å². The maximum absolute atomic E-state index is 2.31. The zero-order valence-electron chi connectivity index (χ0n) is 3.58. The Kier molecular flexibility index (Phi) is 1.70. The van der Waals surface area contributed by atoms with Crippen LogP contribution in [-0.2, 0) is 0 Å². The minimum atomic E-state index is -0.139. The first-order valence-electron chi connectivity index (χ1n) is 1.73. The van der Waals surface area contributed by atoms with Crippen LogP contribution in [-0.4, -0.2) is 16.1 Å². The standard InChI is InChI=1S/C2H9BSi/c1-4(2)3/h4H,3H2,1-2H3. The van der Waals surface area contributed by atoms with Crippen LogP contribution in [0.1, 0.15) is 0 Å². The molecule has 0 aromatic rings. The van der Waals surface area contributed by atoms with Gasteiger partial charge in [-0.1, -0.05) is 13.1 Å². The monoisotopic (exact) mass is 72.1 g/mol. The third-order valence-corrected chi connectivity index (χ3v) is 0. The van der Waals surface area contributed by atoms with Crippen molar-refractivity contribution in [3.05, 3.63) is 0 Å². The van der Waals surface area contributed by atoms with Gasteiger partial charge in [0.1, 0.15) is 0 Å². The highest BCUT2D eigenvalue weighted by atomic mass is 28.3. The van der Waals surface area contributed by atoms with Crippen molar-refractivity contribution >= 4 is 16.1 Å². The molecule has 0 N–H and O–H groups in total. The van der Waals surface area contributed by atoms with E-state index in [2.05, 4.69) is 20.5 Å². The van der Waals surface area contributed by atoms with Crippen molar-refractivity contribution in [2.24, 2.45) is 0 Å². The summed E-state index contributed by atoms with van der Waals surface area (Å²) in [6, 6.07) is 0. The summed E-state index contributed by atoms with van der Waals surface area (Å²) in [6.07, 6.45) is 0. The Morgan fingerprint density at radius 1 is 1.50 bits per heavy atom. The SMILES string of the molecule is B[SiH](C)C. The lowest BCUT2D eigenvalue weighted by atomic mass is 10.7. The Balaban J connectivity index is 2.32. The molecule has 24 valence electrons. The molecule has 0 nitrogen and oxygen atoms in total. The van der Waals surface area contributed by atoms with Crippen LogP contribution in [0, 0.1) is 0 Å². The summed E-state index contributed by atoms with van der Waals surface area (Å²) in [4.78, 5) is 0. The molecule has 0 unspecified atom stereocenters. The van der Waals surface area contributed by atoms with Gasteiger partial charge >= 0.3 is 0 Å². The third kappa shape index (κ3) is 47.2. The van der Waals surface area contributed by atoms with Crippen molar-refractivity contribution < 1.29 is 0 Å². The summed E-state index contributed by atoms with van der Waals surface area (Å²) in [7, 11) is 2.17. The van der Waals surface area contributed by atoms with Crippen molar-refractivity contribution in [1.29, 1.82) is 0 Å². The Morgan fingerprint density at radius 3 is 1.50 bits per heavy atom. The highest BCUT2D eigenvalue weighted by Crippen LogP contribution is 1.59. The zero-order chi connectivity index (χ0) is 3.58. The van der Waals surface area contributed by atoms with E-state index in [0.717, 1.165) is 0 Å². The Hall–Kier alpha value is 0.282. The lowest BCUT2D eigenvalue weighted by Gasteiger charge is -1.75. The van der Waals surface area contributed by atoms with Gasteiger partial charge in [0.2, 0.25) is 0 Å². The van der Waals surface area contributed by atoms with Crippen LogP contribution >= 0.6 is 0 Å². The fourth-order valence-electron chi connectivity index (χ4n) is 0. The van der Waals surface area contributed by atoms with E-state index >= 15 is 0 Å². The number of hydrogen-bond donors (Lipinski definition) is 0. The molecule has 2 heteroatoms. The largest absolute Gasteiger partial charge is 0.0926 e. The van der Waals surface area contributed by atoms with E-state index < -0.39 is 0 Å². The molecule has 0 atom stereocenters. The lowest BCUT2D eigenvalue weighted by Crippen LogP contribution is -1.94. The normalized spacial score (nSPS) is 8.75. The molecule has 0 saturated carbocycles. The van der Waals surface area contributed by atoms with E-state index in [-0.39, 0.29) is 8.67 Å². The predicted octanol–water partition coefficient (Wildman–Crippen LogP) is -0.397. The summed E-state index contributed by atoms with van der Waals surface area (Å²) in [5.74, 6) is 0. The Labute approximate surface area is 30.2 Å². The summed E-state index contributed by atoms with van der Waals surface area (Å²) in [5.41, 5.74) is 0. The fraction of sp³-hybridized carbons (Fsp3) is 1.00. The molecular formula is C2H9BSi. The van der Waals surface area contributed by atoms with Gasteiger partial charge in [-0.3, -0.25) is 0 Å². The molecule has 0 saturated heterocycles. The van der Waals surface area contributed by atoms with Crippen molar-refractivity contribution in [2.75, 3.05) is 0 Å². The van der Waals surface area contributed by atoms with Gasteiger partial charge < -0.3 is 0 Å². The van der Waals surface area contributed by atoms with Crippen molar-refractivity contribution in [1.82, 2.24) is 0 Å². The molecule has 0 aliphatic rings. The summed E-state index contributed by atoms with van der Waals surface area (Å²) in [6.45, 7) is 4.61. The van der Waals surface area contributed by atoms with E-state index in [1.807, 2.05) is 0 Å². The molecule has 0 rings (SSSR count). The van der Waals surface area contributed by atoms with Gasteiger partial charge in [0.25, 0.3) is 0 Å². The molecule has 0 heterocycles. The van der Waals surface area contributed by atoms with E-state index in [4.69, 9.17) is 0 Å². The molecule has 0 aromatic carbocycles. The average Bonchev–Trinajstić information content (AvgIpc) is 0.811. The van der Waals surface area contributed by atoms with Gasteiger partial charge in [-0.15, -0.1) is 0 Å². The molecule has 0 fully saturated rings. The molecule has 0 amide bonds. The van der Waals surface area contributed by atoms with Crippen LogP contribution in [0.3, 0.4) is 0 Å². The van der Waals surface area contributed by atoms with E-state index in [1.165, 1.54) is 0 Å². The molecule has 0 aliphatic heterocycles. The first kappa shape index (κ1) is 4.28. The van der Waals surface area contributed by atoms with Crippen LogP contribution in [0.15, 0.2) is 0 Å². The van der Waals surface area contributed by atoms with Crippen LogP contribution in [0.25, 0.3) is 0 Å². The average molecular weight is 72.0 g/mol. The molecule has 4 heavy (non-hydrogen) atoms. The predicted molar refractivity (Wildman–Crippen MR) is 27.4 cm³/mol. The number of hydrogen-bond acceptors (Lipinski definition) is 0. The molecule has 0 aliphatic carbocycles. The van der Waals surface area contributed by atoms with Crippen LogP contribution in [0.5, 0.6) is 0 Å². The maximum atomic E-state index is 2.31. The number of rotatable bonds is 0. The van der Waals surface area contributed by atoms with Gasteiger partial charge in [-0.25, -0.2) is 0 Å². The fourth-order valence-corrected chi connectivity index (χ4v) is 0. The second-order valence-corrected chi connectivity index (χ2v) is 5.20. The van der Waals surface area contributed by atoms with Gasteiger partial charge in [-0.05, 0) is 8.67 Å². The summed E-state index contributed by atoms with van der Waals surface area (Å²) >= 11 is 0. The quantitative estimate of drug-likeness (QED) is 0.342. The van der Waals surface area contributed by atoms with E-state index in [9.17, 15) is 0 Å². The zero-order valence-corrected chi connectivity index (χ0v) is 4.73. The van der Waals surface area contributed by atoms with E-state index in [0.29, 0.717) is 0 Å². The van der Waals surface area contributed by atoms with Crippen molar-refractivity contribution in [3.63, 3.8) is 0 Å². The van der Waals surface area contributed by atoms with Crippen molar-refractivity contribution in [3.8, 4) is 0 Å². The van der Waals surface area contributed by atoms with E-state index in [1.54, 1.807) is 0 Å². The van der Waals surface area contributed by atoms with Crippen molar-refractivity contribution in [2.45, 2.75) is 13.1 Å². The van der Waals surface area contributed by atoms with Gasteiger partial charge in [0, 0.05) is 0 Å². The first-order chi connectivity index (χ1) is 1.73. The summed E-state index contributed by atoms with van der Waals surface area (Å²) < 4.78 is 0. The second-order valence-electron chi connectivity index (χ2n) is 1.73. The highest BCUT2D eigenvalue weighted by molar-refractivity contribution is 7.01. The highest BCUT2D eigenvalue weighted by Gasteiger charge is 1.72. The van der Waals surface area contributed by atoms with Crippen LogP contribution in [0.2, 0.25) is 13.1 Å². The smallest absolute Gasteiger partial charge is 0.0780 e.